The largest absolute Gasteiger partial charge is 0.493 e. The van der Waals surface area contributed by atoms with Gasteiger partial charge in [-0.25, -0.2) is 4.98 Å². The molecule has 0 aliphatic heterocycles. The van der Waals surface area contributed by atoms with Crippen LogP contribution >= 0.6 is 0 Å². The molecule has 0 aliphatic rings. The van der Waals surface area contributed by atoms with Crippen LogP contribution in [0.2, 0.25) is 0 Å². The van der Waals surface area contributed by atoms with E-state index in [1.807, 2.05) is 67.6 Å². The minimum atomic E-state index is -0.127. The highest BCUT2D eigenvalue weighted by Crippen LogP contribution is 2.41. The first-order valence-electron chi connectivity index (χ1n) is 11.6. The zero-order valence-corrected chi connectivity index (χ0v) is 20.5. The predicted molar refractivity (Wildman–Crippen MR) is 139 cm³/mol. The Morgan fingerprint density at radius 2 is 1.54 bits per heavy atom. The Hall–Kier alpha value is -4.06. The Balaban J connectivity index is 1.67. The summed E-state index contributed by atoms with van der Waals surface area (Å²) >= 11 is 0. The third kappa shape index (κ3) is 5.38. The van der Waals surface area contributed by atoms with E-state index in [1.165, 1.54) is 5.56 Å². The lowest BCUT2D eigenvalue weighted by atomic mass is 10.0. The van der Waals surface area contributed by atoms with E-state index < -0.39 is 0 Å². The van der Waals surface area contributed by atoms with Crippen LogP contribution in [0.5, 0.6) is 17.2 Å². The Labute approximate surface area is 205 Å². The van der Waals surface area contributed by atoms with Gasteiger partial charge in [-0.2, -0.15) is 0 Å². The maximum atomic E-state index is 13.4. The monoisotopic (exact) mass is 470 g/mol. The number of hydrogen-bond donors (Lipinski definition) is 1. The highest BCUT2D eigenvalue weighted by molar-refractivity contribution is 6.07. The molecule has 0 bridgehead atoms. The van der Waals surface area contributed by atoms with E-state index >= 15 is 0 Å². The second-order valence-electron chi connectivity index (χ2n) is 8.39. The maximum Gasteiger partial charge on any atom is 0.252 e. The van der Waals surface area contributed by atoms with Gasteiger partial charge in [0.15, 0.2) is 11.5 Å². The lowest BCUT2D eigenvalue weighted by molar-refractivity contribution is 0.0940. The summed E-state index contributed by atoms with van der Waals surface area (Å²) < 4.78 is 16.5. The van der Waals surface area contributed by atoms with Crippen LogP contribution in [0.15, 0.2) is 72.8 Å². The van der Waals surface area contributed by atoms with E-state index in [4.69, 9.17) is 19.2 Å². The van der Waals surface area contributed by atoms with Crippen molar-refractivity contribution in [2.45, 2.75) is 25.8 Å². The van der Waals surface area contributed by atoms with Crippen LogP contribution in [0.25, 0.3) is 22.2 Å². The molecule has 180 valence electrons. The third-order valence-corrected chi connectivity index (χ3v) is 6.01. The summed E-state index contributed by atoms with van der Waals surface area (Å²) in [4.78, 5) is 18.2. The van der Waals surface area contributed by atoms with Gasteiger partial charge in [-0.1, -0.05) is 48.5 Å². The quantitative estimate of drug-likeness (QED) is 0.341. The summed E-state index contributed by atoms with van der Waals surface area (Å²) in [6, 6.07) is 23.5. The van der Waals surface area contributed by atoms with E-state index in [-0.39, 0.29) is 11.9 Å². The number of hydrogen-bond acceptors (Lipinski definition) is 5. The number of carbonyl (C=O) groups is 1. The van der Waals surface area contributed by atoms with E-state index in [9.17, 15) is 4.79 Å². The number of fused-ring (bicyclic) bond motifs is 1. The average Bonchev–Trinajstić information content (AvgIpc) is 2.90. The van der Waals surface area contributed by atoms with E-state index in [0.717, 1.165) is 29.3 Å². The van der Waals surface area contributed by atoms with Crippen molar-refractivity contribution in [1.82, 2.24) is 10.3 Å². The summed E-state index contributed by atoms with van der Waals surface area (Å²) in [7, 11) is 4.71. The van der Waals surface area contributed by atoms with Gasteiger partial charge >= 0.3 is 0 Å². The molecule has 1 unspecified atom stereocenters. The SMILES string of the molecule is COc1cc(-c2cc(C(=O)NC(C)CCc3ccccc3)c3ccccc3n2)cc(OC)c1OC. The van der Waals surface area contributed by atoms with E-state index in [0.29, 0.717) is 28.5 Å². The second-order valence-corrected chi connectivity index (χ2v) is 8.39. The summed E-state index contributed by atoms with van der Waals surface area (Å²) in [6.07, 6.45) is 1.74. The molecular formula is C29H30N2O4. The number of methoxy groups -OCH3 is 3. The Bertz CT molecular complexity index is 1300. The van der Waals surface area contributed by atoms with Gasteiger partial charge < -0.3 is 19.5 Å². The van der Waals surface area contributed by atoms with Gasteiger partial charge in [0.25, 0.3) is 5.91 Å². The number of nitrogens with zero attached hydrogens (tertiary/aromatic N) is 1. The molecule has 0 saturated heterocycles. The van der Waals surface area contributed by atoms with Crippen molar-refractivity contribution in [2.75, 3.05) is 21.3 Å². The van der Waals surface area contributed by atoms with Gasteiger partial charge in [-0.15, -0.1) is 0 Å². The van der Waals surface area contributed by atoms with Gasteiger partial charge in [-0.05, 0) is 49.6 Å². The van der Waals surface area contributed by atoms with Crippen LogP contribution in [0.1, 0.15) is 29.3 Å². The molecule has 0 saturated carbocycles. The summed E-state index contributed by atoms with van der Waals surface area (Å²) in [5, 5.41) is 3.97. The van der Waals surface area contributed by atoms with Crippen LogP contribution in [-0.2, 0) is 6.42 Å². The van der Waals surface area contributed by atoms with Gasteiger partial charge in [0.05, 0.1) is 38.1 Å². The van der Waals surface area contributed by atoms with Crippen molar-refractivity contribution in [3.8, 4) is 28.5 Å². The van der Waals surface area contributed by atoms with Gasteiger partial charge in [-0.3, -0.25) is 4.79 Å². The fraction of sp³-hybridized carbons (Fsp3) is 0.241. The van der Waals surface area contributed by atoms with Crippen LogP contribution in [0, 0.1) is 0 Å². The van der Waals surface area contributed by atoms with E-state index in [2.05, 4.69) is 17.4 Å². The van der Waals surface area contributed by atoms with Crippen molar-refractivity contribution in [3.05, 3.63) is 83.9 Å². The molecule has 4 rings (SSSR count). The fourth-order valence-electron chi connectivity index (χ4n) is 4.14. The number of amides is 1. The number of para-hydroxylation sites is 1. The van der Waals surface area contributed by atoms with Gasteiger partial charge in [0, 0.05) is 17.0 Å². The molecule has 0 radical (unpaired) electrons. The molecule has 1 amide bonds. The van der Waals surface area contributed by atoms with E-state index in [1.54, 1.807) is 21.3 Å². The number of pyridine rings is 1. The minimum absolute atomic E-state index is 0.0132. The van der Waals surface area contributed by atoms with Crippen LogP contribution in [0.3, 0.4) is 0 Å². The number of carbonyl (C=O) groups excluding carboxylic acids is 1. The topological polar surface area (TPSA) is 69.7 Å². The van der Waals surface area contributed by atoms with Gasteiger partial charge in [0.1, 0.15) is 0 Å². The third-order valence-electron chi connectivity index (χ3n) is 6.01. The lowest BCUT2D eigenvalue weighted by Crippen LogP contribution is -2.33. The Morgan fingerprint density at radius 1 is 0.886 bits per heavy atom. The number of nitrogens with one attached hydrogen (secondary N) is 1. The molecule has 3 aromatic carbocycles. The minimum Gasteiger partial charge on any atom is -0.493 e. The van der Waals surface area contributed by atoms with Crippen molar-refractivity contribution in [2.24, 2.45) is 0 Å². The molecule has 35 heavy (non-hydrogen) atoms. The van der Waals surface area contributed by atoms with Crippen molar-refractivity contribution >= 4 is 16.8 Å². The zero-order chi connectivity index (χ0) is 24.8. The maximum absolute atomic E-state index is 13.4. The van der Waals surface area contributed by atoms with Crippen LogP contribution in [0.4, 0.5) is 0 Å². The number of rotatable bonds is 9. The van der Waals surface area contributed by atoms with Crippen molar-refractivity contribution in [1.29, 1.82) is 0 Å². The number of ether oxygens (including phenoxy) is 3. The lowest BCUT2D eigenvalue weighted by Gasteiger charge is -2.17. The summed E-state index contributed by atoms with van der Waals surface area (Å²) in [6.45, 7) is 2.03. The Morgan fingerprint density at radius 3 is 2.20 bits per heavy atom. The number of aryl methyl sites for hydroxylation is 1. The first-order chi connectivity index (χ1) is 17.0. The molecule has 6 nitrogen and oxygen atoms in total. The molecule has 1 atom stereocenters. The first kappa shape index (κ1) is 24.1. The molecule has 4 aromatic rings. The van der Waals surface area contributed by atoms with Crippen molar-refractivity contribution in [3.63, 3.8) is 0 Å². The number of aromatic nitrogens is 1. The predicted octanol–water partition coefficient (Wildman–Crippen LogP) is 5.68. The molecule has 0 fully saturated rings. The molecular weight excluding hydrogens is 440 g/mol. The summed E-state index contributed by atoms with van der Waals surface area (Å²) in [5.41, 5.74) is 3.97. The fourth-order valence-corrected chi connectivity index (χ4v) is 4.14. The average molecular weight is 471 g/mol. The van der Waals surface area contributed by atoms with Gasteiger partial charge in [0.2, 0.25) is 5.75 Å². The highest BCUT2D eigenvalue weighted by Gasteiger charge is 2.19. The number of benzene rings is 3. The smallest absolute Gasteiger partial charge is 0.252 e. The highest BCUT2D eigenvalue weighted by atomic mass is 16.5. The zero-order valence-electron chi connectivity index (χ0n) is 20.5. The molecule has 1 N–H and O–H groups in total. The summed E-state index contributed by atoms with van der Waals surface area (Å²) in [5.74, 6) is 1.43. The normalized spacial score (nSPS) is 11.7. The molecule has 0 aliphatic carbocycles. The molecule has 1 aromatic heterocycles. The van der Waals surface area contributed by atoms with Crippen LogP contribution in [-0.4, -0.2) is 38.3 Å². The molecule has 1 heterocycles. The van der Waals surface area contributed by atoms with Crippen molar-refractivity contribution < 1.29 is 19.0 Å². The molecule has 6 heteroatoms. The van der Waals surface area contributed by atoms with Crippen LogP contribution < -0.4 is 19.5 Å². The first-order valence-corrected chi connectivity index (χ1v) is 11.6. The standard InChI is InChI=1S/C29H30N2O4/c1-19(14-15-20-10-6-5-7-11-20)30-29(32)23-18-25(31-24-13-9-8-12-22(23)24)21-16-26(33-2)28(35-4)27(17-21)34-3/h5-13,16-19H,14-15H2,1-4H3,(H,30,32). The second kappa shape index (κ2) is 10.9. The molecule has 0 spiro atoms. The Kier molecular flexibility index (Phi) is 7.51.